The van der Waals surface area contributed by atoms with E-state index >= 15 is 0 Å². The smallest absolute Gasteiger partial charge is 0.121 e. The number of rotatable bonds is 2. The van der Waals surface area contributed by atoms with Crippen molar-refractivity contribution in [2.75, 3.05) is 6.61 Å². The predicted molar refractivity (Wildman–Crippen MR) is 62.2 cm³/mol. The lowest BCUT2D eigenvalue weighted by Crippen LogP contribution is -2.31. The molecular weight excluding hydrogens is 200 g/mol. The van der Waals surface area contributed by atoms with Gasteiger partial charge in [-0.2, -0.15) is 0 Å². The molecule has 1 heterocycles. The van der Waals surface area contributed by atoms with Gasteiger partial charge >= 0.3 is 0 Å². The van der Waals surface area contributed by atoms with E-state index in [-0.39, 0.29) is 5.92 Å². The molecule has 0 saturated carbocycles. The van der Waals surface area contributed by atoms with Gasteiger partial charge in [0.05, 0.1) is 6.61 Å². The van der Waals surface area contributed by atoms with Crippen molar-refractivity contribution < 1.29 is 9.84 Å². The van der Waals surface area contributed by atoms with Crippen LogP contribution in [0.2, 0.25) is 0 Å². The molecule has 1 aliphatic carbocycles. The molecule has 0 saturated heterocycles. The Bertz CT molecular complexity index is 422. The Balaban J connectivity index is 1.78. The molecular formula is C14H16O2. The van der Waals surface area contributed by atoms with E-state index in [1.165, 1.54) is 11.1 Å². The van der Waals surface area contributed by atoms with Crippen molar-refractivity contribution in [3.63, 3.8) is 0 Å². The second kappa shape index (κ2) is 3.95. The summed E-state index contributed by atoms with van der Waals surface area (Å²) < 4.78 is 5.52. The van der Waals surface area contributed by atoms with Crippen molar-refractivity contribution in [2.24, 2.45) is 0 Å². The van der Waals surface area contributed by atoms with Gasteiger partial charge in [-0.3, -0.25) is 0 Å². The first-order valence-corrected chi connectivity index (χ1v) is 5.95. The summed E-state index contributed by atoms with van der Waals surface area (Å²) in [6.45, 7) is 0.747. The Labute approximate surface area is 95.6 Å². The lowest BCUT2D eigenvalue weighted by molar-refractivity contribution is 0.0701. The molecule has 0 radical (unpaired) electrons. The van der Waals surface area contributed by atoms with Gasteiger partial charge in [-0.25, -0.2) is 0 Å². The van der Waals surface area contributed by atoms with E-state index in [0.717, 1.165) is 31.6 Å². The van der Waals surface area contributed by atoms with Crippen molar-refractivity contribution in [3.8, 4) is 0 Å². The predicted octanol–water partition coefficient (Wildman–Crippen LogP) is 2.38. The highest BCUT2D eigenvalue weighted by molar-refractivity contribution is 5.42. The van der Waals surface area contributed by atoms with Crippen LogP contribution in [0.4, 0.5) is 0 Å². The molecule has 0 spiro atoms. The van der Waals surface area contributed by atoms with Crippen LogP contribution in [0.3, 0.4) is 0 Å². The number of aliphatic hydroxyl groups is 1. The molecule has 1 aliphatic heterocycles. The molecule has 0 bridgehead atoms. The van der Waals surface area contributed by atoms with E-state index in [1.807, 2.05) is 12.1 Å². The van der Waals surface area contributed by atoms with Gasteiger partial charge in [0.2, 0.25) is 0 Å². The number of fused-ring (bicyclic) bond motifs is 1. The summed E-state index contributed by atoms with van der Waals surface area (Å²) in [6, 6.07) is 8.33. The third-order valence-corrected chi connectivity index (χ3v) is 3.53. The van der Waals surface area contributed by atoms with Gasteiger partial charge in [-0.05, 0) is 36.5 Å². The van der Waals surface area contributed by atoms with Crippen molar-refractivity contribution in [3.05, 3.63) is 47.2 Å². The number of benzene rings is 1. The van der Waals surface area contributed by atoms with Crippen LogP contribution in [0.15, 0.2) is 36.1 Å². The van der Waals surface area contributed by atoms with Crippen LogP contribution in [0.25, 0.3) is 0 Å². The van der Waals surface area contributed by atoms with Crippen LogP contribution in [0.5, 0.6) is 0 Å². The maximum absolute atomic E-state index is 10.2. The highest BCUT2D eigenvalue weighted by Gasteiger charge is 2.34. The molecule has 0 aromatic heterocycles. The Morgan fingerprint density at radius 1 is 1.31 bits per heavy atom. The van der Waals surface area contributed by atoms with Crippen LogP contribution in [-0.4, -0.2) is 17.8 Å². The zero-order chi connectivity index (χ0) is 11.0. The number of ether oxygens (including phenoxy) is 1. The van der Waals surface area contributed by atoms with E-state index in [4.69, 9.17) is 4.74 Å². The van der Waals surface area contributed by atoms with Crippen molar-refractivity contribution >= 4 is 0 Å². The molecule has 2 nitrogen and oxygen atoms in total. The minimum Gasteiger partial charge on any atom is -0.495 e. The normalized spacial score (nSPS) is 24.8. The van der Waals surface area contributed by atoms with Gasteiger partial charge < -0.3 is 9.84 Å². The fraction of sp³-hybridized carbons (Fsp3) is 0.429. The van der Waals surface area contributed by atoms with E-state index < -0.39 is 6.10 Å². The third kappa shape index (κ3) is 1.54. The minimum atomic E-state index is -0.449. The molecule has 0 fully saturated rings. The summed E-state index contributed by atoms with van der Waals surface area (Å²) in [6.07, 6.45) is 4.65. The molecule has 2 unspecified atom stereocenters. The molecule has 1 N–H and O–H groups in total. The molecule has 16 heavy (non-hydrogen) atoms. The molecule has 0 amide bonds. The van der Waals surface area contributed by atoms with Crippen LogP contribution in [-0.2, 0) is 11.2 Å². The van der Waals surface area contributed by atoms with Crippen molar-refractivity contribution in [2.45, 2.75) is 31.3 Å². The third-order valence-electron chi connectivity index (χ3n) is 3.53. The standard InChI is InChI=1S/C14H16O2/c15-14(13-7-3-4-8-16-13)12-9-10-5-1-2-6-11(10)12/h1-2,5-7,12,14-15H,3-4,8-9H2. The Morgan fingerprint density at radius 2 is 2.19 bits per heavy atom. The summed E-state index contributed by atoms with van der Waals surface area (Å²) in [5, 5.41) is 10.2. The Kier molecular flexibility index (Phi) is 2.44. The van der Waals surface area contributed by atoms with Gasteiger partial charge in [-0.1, -0.05) is 24.3 Å². The van der Waals surface area contributed by atoms with Gasteiger partial charge in [0.25, 0.3) is 0 Å². The average Bonchev–Trinajstić information content (AvgIpc) is 2.32. The van der Waals surface area contributed by atoms with E-state index in [1.54, 1.807) is 0 Å². The maximum atomic E-state index is 10.2. The topological polar surface area (TPSA) is 29.5 Å². The number of hydrogen-bond donors (Lipinski definition) is 1. The average molecular weight is 216 g/mol. The first-order valence-electron chi connectivity index (χ1n) is 5.95. The second-order valence-electron chi connectivity index (χ2n) is 4.55. The first kappa shape index (κ1) is 9.91. The van der Waals surface area contributed by atoms with Crippen molar-refractivity contribution in [1.29, 1.82) is 0 Å². The quantitative estimate of drug-likeness (QED) is 0.822. The molecule has 2 heteroatoms. The zero-order valence-corrected chi connectivity index (χ0v) is 9.23. The van der Waals surface area contributed by atoms with Crippen LogP contribution in [0, 0.1) is 0 Å². The molecule has 3 rings (SSSR count). The summed E-state index contributed by atoms with van der Waals surface area (Å²) in [5.41, 5.74) is 2.65. The van der Waals surface area contributed by atoms with Crippen molar-refractivity contribution in [1.82, 2.24) is 0 Å². The summed E-state index contributed by atoms with van der Waals surface area (Å²) >= 11 is 0. The molecule has 84 valence electrons. The summed E-state index contributed by atoms with van der Waals surface area (Å²) in [4.78, 5) is 0. The lowest BCUT2D eigenvalue weighted by atomic mass is 9.74. The fourth-order valence-electron chi connectivity index (χ4n) is 2.56. The zero-order valence-electron chi connectivity index (χ0n) is 9.23. The van der Waals surface area contributed by atoms with Gasteiger partial charge in [0.1, 0.15) is 11.9 Å². The van der Waals surface area contributed by atoms with Crippen LogP contribution in [0.1, 0.15) is 29.9 Å². The maximum Gasteiger partial charge on any atom is 0.121 e. The second-order valence-corrected chi connectivity index (χ2v) is 4.55. The Morgan fingerprint density at radius 3 is 2.94 bits per heavy atom. The number of hydrogen-bond acceptors (Lipinski definition) is 2. The SMILES string of the molecule is OC(C1=CCCCO1)C1Cc2ccccc21. The fourth-order valence-corrected chi connectivity index (χ4v) is 2.56. The first-order chi connectivity index (χ1) is 7.86. The molecule has 1 aromatic carbocycles. The van der Waals surface area contributed by atoms with E-state index in [0.29, 0.717) is 0 Å². The monoisotopic (exact) mass is 216 g/mol. The highest BCUT2D eigenvalue weighted by Crippen LogP contribution is 2.39. The minimum absolute atomic E-state index is 0.237. The van der Waals surface area contributed by atoms with Crippen LogP contribution >= 0.6 is 0 Å². The molecule has 2 aliphatic rings. The lowest BCUT2D eigenvalue weighted by Gasteiger charge is -2.35. The van der Waals surface area contributed by atoms with Crippen LogP contribution < -0.4 is 0 Å². The Hall–Kier alpha value is -1.28. The highest BCUT2D eigenvalue weighted by atomic mass is 16.5. The largest absolute Gasteiger partial charge is 0.495 e. The van der Waals surface area contributed by atoms with Gasteiger partial charge in [-0.15, -0.1) is 0 Å². The van der Waals surface area contributed by atoms with Gasteiger partial charge in [0.15, 0.2) is 0 Å². The van der Waals surface area contributed by atoms with E-state index in [9.17, 15) is 5.11 Å². The summed E-state index contributed by atoms with van der Waals surface area (Å²) in [7, 11) is 0. The summed E-state index contributed by atoms with van der Waals surface area (Å²) in [5.74, 6) is 1.02. The number of aliphatic hydroxyl groups excluding tert-OH is 1. The number of allylic oxidation sites excluding steroid dienone is 1. The molecule has 1 aromatic rings. The van der Waals surface area contributed by atoms with Gasteiger partial charge in [0, 0.05) is 5.92 Å². The molecule has 2 atom stereocenters. The van der Waals surface area contributed by atoms with E-state index in [2.05, 4.69) is 18.2 Å².